The molecule has 0 spiro atoms. The number of aryl methyl sites for hydroxylation is 1. The molecule has 1 aliphatic heterocycles. The number of rotatable bonds is 5. The number of benzene rings is 2. The molecule has 5 nitrogen and oxygen atoms in total. The van der Waals surface area contributed by atoms with Crippen LogP contribution in [0.3, 0.4) is 0 Å². The van der Waals surface area contributed by atoms with Crippen molar-refractivity contribution in [2.45, 2.75) is 20.0 Å². The minimum Gasteiger partial charge on any atom is -0.379 e. The van der Waals surface area contributed by atoms with Gasteiger partial charge in [0, 0.05) is 31.9 Å². The summed E-state index contributed by atoms with van der Waals surface area (Å²) < 4.78 is 5.37. The molecule has 0 bridgehead atoms. The molecule has 25 heavy (non-hydrogen) atoms. The Kier molecular flexibility index (Phi) is 6.04. The van der Waals surface area contributed by atoms with Gasteiger partial charge in [-0.25, -0.2) is 4.79 Å². The predicted octanol–water partition coefficient (Wildman–Crippen LogP) is 3.15. The van der Waals surface area contributed by atoms with Gasteiger partial charge in [0.05, 0.1) is 13.2 Å². The average Bonchev–Trinajstić information content (AvgIpc) is 2.62. The van der Waals surface area contributed by atoms with Crippen LogP contribution in [0.2, 0.25) is 0 Å². The van der Waals surface area contributed by atoms with Crippen molar-refractivity contribution in [2.75, 3.05) is 31.6 Å². The van der Waals surface area contributed by atoms with E-state index >= 15 is 0 Å². The molecule has 132 valence electrons. The van der Waals surface area contributed by atoms with Crippen LogP contribution < -0.4 is 10.6 Å². The molecule has 0 saturated carbocycles. The minimum atomic E-state index is -0.192. The number of nitrogens with one attached hydrogen (secondary N) is 2. The topological polar surface area (TPSA) is 53.6 Å². The Labute approximate surface area is 149 Å². The van der Waals surface area contributed by atoms with Gasteiger partial charge in [0.25, 0.3) is 0 Å². The number of hydrogen-bond acceptors (Lipinski definition) is 3. The van der Waals surface area contributed by atoms with Gasteiger partial charge in [-0.2, -0.15) is 0 Å². The first kappa shape index (κ1) is 17.5. The number of urea groups is 1. The number of carbonyl (C=O) groups excluding carboxylic acids is 1. The molecule has 0 aromatic heterocycles. The highest BCUT2D eigenvalue weighted by atomic mass is 16.5. The second-order valence-corrected chi connectivity index (χ2v) is 6.38. The summed E-state index contributed by atoms with van der Waals surface area (Å²) in [7, 11) is 0. The van der Waals surface area contributed by atoms with Crippen molar-refractivity contribution in [1.82, 2.24) is 10.2 Å². The molecule has 0 radical (unpaired) electrons. The summed E-state index contributed by atoms with van der Waals surface area (Å²) in [5.41, 5.74) is 4.30. The third kappa shape index (κ3) is 5.59. The van der Waals surface area contributed by atoms with Crippen LogP contribution in [0.1, 0.15) is 16.7 Å². The van der Waals surface area contributed by atoms with Crippen molar-refractivity contribution in [2.24, 2.45) is 0 Å². The summed E-state index contributed by atoms with van der Waals surface area (Å²) in [6, 6.07) is 16.0. The van der Waals surface area contributed by atoms with Gasteiger partial charge in [-0.1, -0.05) is 36.4 Å². The fraction of sp³-hybridized carbons (Fsp3) is 0.350. The maximum absolute atomic E-state index is 12.0. The average molecular weight is 339 g/mol. The van der Waals surface area contributed by atoms with Crippen molar-refractivity contribution in [1.29, 1.82) is 0 Å². The van der Waals surface area contributed by atoms with Crippen molar-refractivity contribution in [3.63, 3.8) is 0 Å². The van der Waals surface area contributed by atoms with E-state index in [0.717, 1.165) is 49.7 Å². The van der Waals surface area contributed by atoms with Gasteiger partial charge in [0.15, 0.2) is 0 Å². The Bertz CT molecular complexity index is 694. The second-order valence-electron chi connectivity index (χ2n) is 6.38. The lowest BCUT2D eigenvalue weighted by Crippen LogP contribution is -2.35. The van der Waals surface area contributed by atoms with E-state index in [1.54, 1.807) is 0 Å². The van der Waals surface area contributed by atoms with Crippen molar-refractivity contribution in [3.05, 3.63) is 65.2 Å². The number of amides is 2. The molecule has 2 N–H and O–H groups in total. The standard InChI is InChI=1S/C20H25N3O2/c1-16-3-2-4-19(13-16)22-20(24)21-14-17-5-7-18(8-6-17)15-23-9-11-25-12-10-23/h2-8,13H,9-12,14-15H2,1H3,(H2,21,22,24). The molecular formula is C20H25N3O2. The summed E-state index contributed by atoms with van der Waals surface area (Å²) in [5, 5.41) is 5.74. The molecule has 3 rings (SSSR count). The Morgan fingerprint density at radius 2 is 1.80 bits per heavy atom. The molecule has 0 aliphatic carbocycles. The number of nitrogens with zero attached hydrogens (tertiary/aromatic N) is 1. The van der Waals surface area contributed by atoms with E-state index in [0.29, 0.717) is 6.54 Å². The zero-order valence-electron chi connectivity index (χ0n) is 14.6. The lowest BCUT2D eigenvalue weighted by atomic mass is 10.1. The zero-order chi connectivity index (χ0) is 17.5. The van der Waals surface area contributed by atoms with Gasteiger partial charge in [0.2, 0.25) is 0 Å². The molecule has 0 atom stereocenters. The number of carbonyl (C=O) groups is 1. The first-order valence-corrected chi connectivity index (χ1v) is 8.68. The van der Waals surface area contributed by atoms with Gasteiger partial charge < -0.3 is 15.4 Å². The van der Waals surface area contributed by atoms with Gasteiger partial charge in [-0.05, 0) is 35.7 Å². The predicted molar refractivity (Wildman–Crippen MR) is 99.6 cm³/mol. The molecule has 2 aromatic rings. The molecule has 2 aromatic carbocycles. The number of morpholine rings is 1. The Morgan fingerprint density at radius 3 is 2.52 bits per heavy atom. The number of hydrogen-bond donors (Lipinski definition) is 2. The van der Waals surface area contributed by atoms with Crippen molar-refractivity contribution in [3.8, 4) is 0 Å². The van der Waals surface area contributed by atoms with E-state index < -0.39 is 0 Å². The highest BCUT2D eigenvalue weighted by Crippen LogP contribution is 2.11. The fourth-order valence-electron chi connectivity index (χ4n) is 2.86. The minimum absolute atomic E-state index is 0.192. The van der Waals surface area contributed by atoms with Crippen molar-refractivity contribution < 1.29 is 9.53 Å². The molecule has 5 heteroatoms. The maximum atomic E-state index is 12.0. The molecule has 1 aliphatic rings. The highest BCUT2D eigenvalue weighted by molar-refractivity contribution is 5.89. The van der Waals surface area contributed by atoms with Gasteiger partial charge >= 0.3 is 6.03 Å². The van der Waals surface area contributed by atoms with Gasteiger partial charge in [-0.3, -0.25) is 4.90 Å². The van der Waals surface area contributed by atoms with Crippen LogP contribution in [0.4, 0.5) is 10.5 Å². The summed E-state index contributed by atoms with van der Waals surface area (Å²) in [5.74, 6) is 0. The summed E-state index contributed by atoms with van der Waals surface area (Å²) in [6.45, 7) is 7.07. The van der Waals surface area contributed by atoms with Crippen LogP contribution in [0.25, 0.3) is 0 Å². The lowest BCUT2D eigenvalue weighted by Gasteiger charge is -2.26. The third-order valence-corrected chi connectivity index (χ3v) is 4.26. The van der Waals surface area contributed by atoms with E-state index in [4.69, 9.17) is 4.74 Å². The summed E-state index contributed by atoms with van der Waals surface area (Å²) in [4.78, 5) is 14.4. The first-order valence-electron chi connectivity index (χ1n) is 8.68. The van der Waals surface area contributed by atoms with Gasteiger partial charge in [0.1, 0.15) is 0 Å². The van der Waals surface area contributed by atoms with Crippen molar-refractivity contribution >= 4 is 11.7 Å². The second kappa shape index (κ2) is 8.65. The van der Waals surface area contributed by atoms with Crippen LogP contribution in [-0.4, -0.2) is 37.2 Å². The largest absolute Gasteiger partial charge is 0.379 e. The summed E-state index contributed by atoms with van der Waals surface area (Å²) >= 11 is 0. The number of ether oxygens (including phenoxy) is 1. The molecule has 0 unspecified atom stereocenters. The maximum Gasteiger partial charge on any atom is 0.319 e. The van der Waals surface area contributed by atoms with Gasteiger partial charge in [-0.15, -0.1) is 0 Å². The van der Waals surface area contributed by atoms with E-state index in [1.165, 1.54) is 5.56 Å². The number of anilines is 1. The zero-order valence-corrected chi connectivity index (χ0v) is 14.6. The fourth-order valence-corrected chi connectivity index (χ4v) is 2.86. The monoisotopic (exact) mass is 339 g/mol. The quantitative estimate of drug-likeness (QED) is 0.880. The van der Waals surface area contributed by atoms with E-state index in [-0.39, 0.29) is 6.03 Å². The van der Waals surface area contributed by atoms with Crippen LogP contribution >= 0.6 is 0 Å². The van der Waals surface area contributed by atoms with E-state index in [2.05, 4.69) is 39.8 Å². The van der Waals surface area contributed by atoms with Crippen LogP contribution in [0, 0.1) is 6.92 Å². The van der Waals surface area contributed by atoms with E-state index in [9.17, 15) is 4.79 Å². The highest BCUT2D eigenvalue weighted by Gasteiger charge is 2.10. The normalized spacial score (nSPS) is 14.9. The molecular weight excluding hydrogens is 314 g/mol. The van der Waals surface area contributed by atoms with Crippen LogP contribution in [-0.2, 0) is 17.8 Å². The third-order valence-electron chi connectivity index (χ3n) is 4.26. The molecule has 2 amide bonds. The van der Waals surface area contributed by atoms with Crippen LogP contribution in [0.5, 0.6) is 0 Å². The lowest BCUT2D eigenvalue weighted by molar-refractivity contribution is 0.0342. The Balaban J connectivity index is 1.45. The summed E-state index contributed by atoms with van der Waals surface area (Å²) in [6.07, 6.45) is 0. The molecule has 1 saturated heterocycles. The smallest absolute Gasteiger partial charge is 0.319 e. The van der Waals surface area contributed by atoms with E-state index in [1.807, 2.05) is 31.2 Å². The van der Waals surface area contributed by atoms with Crippen LogP contribution in [0.15, 0.2) is 48.5 Å². The SMILES string of the molecule is Cc1cccc(NC(=O)NCc2ccc(CN3CCOCC3)cc2)c1. The Hall–Kier alpha value is -2.37. The molecule has 1 fully saturated rings. The first-order chi connectivity index (χ1) is 12.2. The molecule has 1 heterocycles. The Morgan fingerprint density at radius 1 is 1.08 bits per heavy atom.